The van der Waals surface area contributed by atoms with E-state index in [1.807, 2.05) is 0 Å². The van der Waals surface area contributed by atoms with Gasteiger partial charge in [-0.25, -0.2) is 0 Å². The summed E-state index contributed by atoms with van der Waals surface area (Å²) >= 11 is 0. The lowest BCUT2D eigenvalue weighted by atomic mass is 9.78. The van der Waals surface area contributed by atoms with Crippen LogP contribution in [0.25, 0.3) is 0 Å². The number of carbonyl (C=O) groups is 1. The SMILES string of the molecule is CC1CCC(N2C(=O)CNC2C2CCCC2)CC1C. The molecule has 0 aromatic carbocycles. The molecule has 19 heavy (non-hydrogen) atoms. The number of carbonyl (C=O) groups excluding carboxylic acids is 1. The second-order valence-electron chi connectivity index (χ2n) is 7.09. The van der Waals surface area contributed by atoms with Crippen LogP contribution in [-0.2, 0) is 4.79 Å². The molecule has 1 amide bonds. The Bertz CT molecular complexity index is 338. The average Bonchev–Trinajstić information content (AvgIpc) is 3.01. The molecular formula is C16H28N2O. The fraction of sp³-hybridized carbons (Fsp3) is 0.938. The van der Waals surface area contributed by atoms with Gasteiger partial charge in [-0.05, 0) is 49.9 Å². The molecule has 0 radical (unpaired) electrons. The zero-order valence-electron chi connectivity index (χ0n) is 12.4. The van der Waals surface area contributed by atoms with E-state index >= 15 is 0 Å². The van der Waals surface area contributed by atoms with Crippen molar-refractivity contribution in [2.24, 2.45) is 17.8 Å². The Balaban J connectivity index is 1.71. The number of hydrogen-bond donors (Lipinski definition) is 1. The van der Waals surface area contributed by atoms with Crippen LogP contribution in [0.15, 0.2) is 0 Å². The first kappa shape index (κ1) is 13.4. The van der Waals surface area contributed by atoms with Gasteiger partial charge in [-0.15, -0.1) is 0 Å². The molecule has 0 spiro atoms. The maximum Gasteiger partial charge on any atom is 0.238 e. The topological polar surface area (TPSA) is 32.3 Å². The van der Waals surface area contributed by atoms with Gasteiger partial charge in [-0.3, -0.25) is 10.1 Å². The maximum absolute atomic E-state index is 12.3. The third-order valence-electron chi connectivity index (χ3n) is 5.86. The third kappa shape index (κ3) is 2.54. The first-order valence-electron chi connectivity index (χ1n) is 8.21. The van der Waals surface area contributed by atoms with E-state index in [1.54, 1.807) is 0 Å². The van der Waals surface area contributed by atoms with Crippen LogP contribution in [0.3, 0.4) is 0 Å². The molecule has 0 bridgehead atoms. The van der Waals surface area contributed by atoms with E-state index in [1.165, 1.54) is 44.9 Å². The van der Waals surface area contributed by atoms with Gasteiger partial charge in [0.25, 0.3) is 0 Å². The highest BCUT2D eigenvalue weighted by Crippen LogP contribution is 2.37. The van der Waals surface area contributed by atoms with Gasteiger partial charge in [0.15, 0.2) is 0 Å². The van der Waals surface area contributed by atoms with Crippen molar-refractivity contribution in [1.29, 1.82) is 0 Å². The third-order valence-corrected chi connectivity index (χ3v) is 5.86. The van der Waals surface area contributed by atoms with Crippen molar-refractivity contribution in [2.75, 3.05) is 6.54 Å². The van der Waals surface area contributed by atoms with Crippen molar-refractivity contribution >= 4 is 5.91 Å². The Morgan fingerprint density at radius 2 is 1.79 bits per heavy atom. The summed E-state index contributed by atoms with van der Waals surface area (Å²) in [6, 6.07) is 0.499. The molecule has 3 aliphatic rings. The van der Waals surface area contributed by atoms with E-state index in [0.29, 0.717) is 30.6 Å². The van der Waals surface area contributed by atoms with Gasteiger partial charge in [0, 0.05) is 6.04 Å². The predicted molar refractivity (Wildman–Crippen MR) is 76.6 cm³/mol. The number of nitrogens with zero attached hydrogens (tertiary/aromatic N) is 1. The zero-order valence-corrected chi connectivity index (χ0v) is 12.4. The summed E-state index contributed by atoms with van der Waals surface area (Å²) in [6.07, 6.45) is 9.36. The van der Waals surface area contributed by atoms with Crippen LogP contribution in [-0.4, -0.2) is 29.6 Å². The van der Waals surface area contributed by atoms with Crippen LogP contribution in [0.4, 0.5) is 0 Å². The van der Waals surface area contributed by atoms with E-state index in [9.17, 15) is 4.79 Å². The number of nitrogens with one attached hydrogen (secondary N) is 1. The van der Waals surface area contributed by atoms with Crippen molar-refractivity contribution in [2.45, 2.75) is 71.0 Å². The summed E-state index contributed by atoms with van der Waals surface area (Å²) in [6.45, 7) is 5.29. The summed E-state index contributed by atoms with van der Waals surface area (Å²) in [4.78, 5) is 14.5. The molecule has 0 aromatic heterocycles. The average molecular weight is 264 g/mol. The number of rotatable bonds is 2. The van der Waals surface area contributed by atoms with E-state index in [4.69, 9.17) is 0 Å². The molecule has 4 atom stereocenters. The van der Waals surface area contributed by atoms with Crippen LogP contribution < -0.4 is 5.32 Å². The lowest BCUT2D eigenvalue weighted by molar-refractivity contribution is -0.132. The Kier molecular flexibility index (Phi) is 3.84. The second kappa shape index (κ2) is 5.43. The molecule has 3 fully saturated rings. The van der Waals surface area contributed by atoms with Gasteiger partial charge in [-0.2, -0.15) is 0 Å². The van der Waals surface area contributed by atoms with Crippen LogP contribution in [0.5, 0.6) is 0 Å². The first-order valence-corrected chi connectivity index (χ1v) is 8.21. The number of amides is 1. The summed E-state index contributed by atoms with van der Waals surface area (Å²) < 4.78 is 0. The van der Waals surface area contributed by atoms with Gasteiger partial charge in [-0.1, -0.05) is 26.7 Å². The van der Waals surface area contributed by atoms with Crippen LogP contribution in [0, 0.1) is 17.8 Å². The molecule has 1 saturated heterocycles. The van der Waals surface area contributed by atoms with Gasteiger partial charge in [0.05, 0.1) is 12.7 Å². The Morgan fingerprint density at radius 1 is 1.05 bits per heavy atom. The molecule has 1 N–H and O–H groups in total. The molecular weight excluding hydrogens is 236 g/mol. The van der Waals surface area contributed by atoms with Gasteiger partial charge in [0.1, 0.15) is 0 Å². The summed E-state index contributed by atoms with van der Waals surface area (Å²) in [5, 5.41) is 3.50. The summed E-state index contributed by atoms with van der Waals surface area (Å²) in [5.74, 6) is 2.65. The standard InChI is InChI=1S/C16H28N2O/c1-11-7-8-14(9-12(11)2)18-15(19)10-17-16(18)13-5-3-4-6-13/h11-14,16-17H,3-10H2,1-2H3. The highest BCUT2D eigenvalue weighted by molar-refractivity contribution is 5.81. The molecule has 3 rings (SSSR count). The van der Waals surface area contributed by atoms with Gasteiger partial charge in [0.2, 0.25) is 5.91 Å². The molecule has 3 nitrogen and oxygen atoms in total. The molecule has 2 aliphatic carbocycles. The minimum Gasteiger partial charge on any atom is -0.323 e. The molecule has 2 saturated carbocycles. The van der Waals surface area contributed by atoms with Crippen molar-refractivity contribution in [3.05, 3.63) is 0 Å². The molecule has 3 heteroatoms. The maximum atomic E-state index is 12.3. The van der Waals surface area contributed by atoms with E-state index in [2.05, 4.69) is 24.1 Å². The van der Waals surface area contributed by atoms with E-state index in [0.717, 1.165) is 11.8 Å². The monoisotopic (exact) mass is 264 g/mol. The van der Waals surface area contributed by atoms with Crippen LogP contribution in [0.2, 0.25) is 0 Å². The lowest BCUT2D eigenvalue weighted by Crippen LogP contribution is -2.50. The fourth-order valence-electron chi connectivity index (χ4n) is 4.41. The summed E-state index contributed by atoms with van der Waals surface area (Å²) in [5.41, 5.74) is 0. The van der Waals surface area contributed by atoms with E-state index < -0.39 is 0 Å². The molecule has 1 heterocycles. The lowest BCUT2D eigenvalue weighted by Gasteiger charge is -2.41. The largest absolute Gasteiger partial charge is 0.323 e. The Hall–Kier alpha value is -0.570. The smallest absolute Gasteiger partial charge is 0.238 e. The quantitative estimate of drug-likeness (QED) is 0.832. The van der Waals surface area contributed by atoms with Crippen molar-refractivity contribution in [3.8, 4) is 0 Å². The highest BCUT2D eigenvalue weighted by Gasteiger charge is 2.42. The van der Waals surface area contributed by atoms with Crippen molar-refractivity contribution in [3.63, 3.8) is 0 Å². The van der Waals surface area contributed by atoms with Crippen molar-refractivity contribution < 1.29 is 4.79 Å². The zero-order chi connectivity index (χ0) is 13.4. The minimum absolute atomic E-state index is 0.348. The Labute approximate surface area is 117 Å². The van der Waals surface area contributed by atoms with Gasteiger partial charge >= 0.3 is 0 Å². The fourth-order valence-corrected chi connectivity index (χ4v) is 4.41. The molecule has 1 aliphatic heterocycles. The molecule has 108 valence electrons. The highest BCUT2D eigenvalue weighted by atomic mass is 16.2. The van der Waals surface area contributed by atoms with Crippen molar-refractivity contribution in [1.82, 2.24) is 10.2 Å². The minimum atomic E-state index is 0.348. The normalized spacial score (nSPS) is 41.2. The van der Waals surface area contributed by atoms with Gasteiger partial charge < -0.3 is 4.90 Å². The second-order valence-corrected chi connectivity index (χ2v) is 7.09. The molecule has 0 aromatic rings. The number of hydrogen-bond acceptors (Lipinski definition) is 2. The Morgan fingerprint density at radius 3 is 2.47 bits per heavy atom. The predicted octanol–water partition coefficient (Wildman–Crippen LogP) is 2.76. The van der Waals surface area contributed by atoms with Crippen LogP contribution >= 0.6 is 0 Å². The summed E-state index contributed by atoms with van der Waals surface area (Å²) in [7, 11) is 0. The first-order chi connectivity index (χ1) is 9.16. The van der Waals surface area contributed by atoms with Crippen LogP contribution in [0.1, 0.15) is 58.8 Å². The molecule has 4 unspecified atom stereocenters. The van der Waals surface area contributed by atoms with E-state index in [-0.39, 0.29) is 0 Å².